The fraction of sp³-hybridized carbons (Fsp3) is 0.474. The molecular weight excluding hydrogens is 274 g/mol. The Morgan fingerprint density at radius 2 is 1.82 bits per heavy atom. The summed E-state index contributed by atoms with van der Waals surface area (Å²) < 4.78 is 6.05. The van der Waals surface area contributed by atoms with E-state index in [2.05, 4.69) is 17.0 Å². The lowest BCUT2D eigenvalue weighted by Crippen LogP contribution is -2.31. The fourth-order valence-corrected chi connectivity index (χ4v) is 3.23. The zero-order chi connectivity index (χ0) is 15.2. The Morgan fingerprint density at radius 1 is 1.00 bits per heavy atom. The van der Waals surface area contributed by atoms with Crippen LogP contribution in [-0.4, -0.2) is 36.2 Å². The van der Waals surface area contributed by atoms with E-state index >= 15 is 0 Å². The molecule has 0 aliphatic carbocycles. The van der Waals surface area contributed by atoms with Crippen LogP contribution in [0.25, 0.3) is 10.8 Å². The second-order valence-electron chi connectivity index (χ2n) is 6.04. The SMILES string of the molecule is OCc1ccc2ccccc2c1OCCCN1CCCCC1. The first kappa shape index (κ1) is 15.3. The van der Waals surface area contributed by atoms with Gasteiger partial charge in [0.2, 0.25) is 0 Å². The van der Waals surface area contributed by atoms with Crippen molar-refractivity contribution < 1.29 is 9.84 Å². The Balaban J connectivity index is 1.62. The number of likely N-dealkylation sites (tertiary alicyclic amines) is 1. The van der Waals surface area contributed by atoms with E-state index in [0.29, 0.717) is 6.61 Å². The minimum Gasteiger partial charge on any atom is -0.493 e. The molecule has 1 saturated heterocycles. The van der Waals surface area contributed by atoms with Crippen LogP contribution in [0.1, 0.15) is 31.2 Å². The van der Waals surface area contributed by atoms with Crippen LogP contribution >= 0.6 is 0 Å². The van der Waals surface area contributed by atoms with Gasteiger partial charge in [-0.25, -0.2) is 0 Å². The van der Waals surface area contributed by atoms with Gasteiger partial charge in [0.1, 0.15) is 5.75 Å². The second-order valence-corrected chi connectivity index (χ2v) is 6.04. The molecule has 1 aliphatic rings. The van der Waals surface area contributed by atoms with Gasteiger partial charge in [-0.3, -0.25) is 0 Å². The lowest BCUT2D eigenvalue weighted by Gasteiger charge is -2.26. The standard InChI is InChI=1S/C19H25NO2/c21-15-17-10-9-16-7-2-3-8-18(16)19(17)22-14-6-13-20-11-4-1-5-12-20/h2-3,7-10,21H,1,4-6,11-15H2. The molecule has 1 fully saturated rings. The van der Waals surface area contributed by atoms with Crippen LogP contribution in [-0.2, 0) is 6.61 Å². The van der Waals surface area contributed by atoms with Crippen LogP contribution in [0, 0.1) is 0 Å². The molecule has 0 spiro atoms. The summed E-state index contributed by atoms with van der Waals surface area (Å²) in [6, 6.07) is 12.2. The highest BCUT2D eigenvalue weighted by Crippen LogP contribution is 2.30. The molecule has 1 N–H and O–H groups in total. The van der Waals surface area contributed by atoms with Gasteiger partial charge >= 0.3 is 0 Å². The van der Waals surface area contributed by atoms with Gasteiger partial charge in [0, 0.05) is 17.5 Å². The first-order valence-electron chi connectivity index (χ1n) is 8.35. The first-order chi connectivity index (χ1) is 10.9. The molecule has 2 aromatic carbocycles. The number of aliphatic hydroxyl groups is 1. The molecule has 22 heavy (non-hydrogen) atoms. The molecule has 3 nitrogen and oxygen atoms in total. The number of hydrogen-bond acceptors (Lipinski definition) is 3. The molecular formula is C19H25NO2. The van der Waals surface area contributed by atoms with Crippen molar-refractivity contribution in [1.82, 2.24) is 4.90 Å². The molecule has 1 aliphatic heterocycles. The Bertz CT molecular complexity index is 605. The highest BCUT2D eigenvalue weighted by molar-refractivity contribution is 5.89. The van der Waals surface area contributed by atoms with Crippen LogP contribution in [0.2, 0.25) is 0 Å². The summed E-state index contributed by atoms with van der Waals surface area (Å²) in [5, 5.41) is 11.8. The van der Waals surface area contributed by atoms with Gasteiger partial charge in [-0.15, -0.1) is 0 Å². The van der Waals surface area contributed by atoms with E-state index in [-0.39, 0.29) is 6.61 Å². The van der Waals surface area contributed by atoms with E-state index in [0.717, 1.165) is 35.1 Å². The summed E-state index contributed by atoms with van der Waals surface area (Å²) in [6.07, 6.45) is 5.08. The summed E-state index contributed by atoms with van der Waals surface area (Å²) in [4.78, 5) is 2.53. The van der Waals surface area contributed by atoms with Crippen LogP contribution in [0.5, 0.6) is 5.75 Å². The maximum absolute atomic E-state index is 9.55. The van der Waals surface area contributed by atoms with Gasteiger partial charge in [-0.05, 0) is 37.7 Å². The lowest BCUT2D eigenvalue weighted by molar-refractivity contribution is 0.203. The molecule has 1 heterocycles. The minimum atomic E-state index is 0.0201. The van der Waals surface area contributed by atoms with Gasteiger partial charge in [-0.2, -0.15) is 0 Å². The molecule has 0 atom stereocenters. The Morgan fingerprint density at radius 3 is 2.64 bits per heavy atom. The molecule has 2 aromatic rings. The molecule has 0 amide bonds. The van der Waals surface area contributed by atoms with Gasteiger partial charge in [-0.1, -0.05) is 42.8 Å². The maximum atomic E-state index is 9.55. The van der Waals surface area contributed by atoms with Crippen molar-refractivity contribution in [2.45, 2.75) is 32.3 Å². The smallest absolute Gasteiger partial charge is 0.132 e. The van der Waals surface area contributed by atoms with Crippen molar-refractivity contribution in [2.75, 3.05) is 26.2 Å². The zero-order valence-electron chi connectivity index (χ0n) is 13.1. The number of fused-ring (bicyclic) bond motifs is 1. The lowest BCUT2D eigenvalue weighted by atomic mass is 10.1. The Hall–Kier alpha value is -1.58. The normalized spacial score (nSPS) is 16.0. The molecule has 118 valence electrons. The van der Waals surface area contributed by atoms with E-state index in [1.807, 2.05) is 24.3 Å². The summed E-state index contributed by atoms with van der Waals surface area (Å²) >= 11 is 0. The number of nitrogens with zero attached hydrogens (tertiary/aromatic N) is 1. The zero-order valence-corrected chi connectivity index (χ0v) is 13.1. The van der Waals surface area contributed by atoms with Crippen LogP contribution in [0.4, 0.5) is 0 Å². The highest BCUT2D eigenvalue weighted by Gasteiger charge is 2.11. The fourth-order valence-electron chi connectivity index (χ4n) is 3.23. The van der Waals surface area contributed by atoms with Gasteiger partial charge < -0.3 is 14.7 Å². The summed E-state index contributed by atoms with van der Waals surface area (Å²) in [6.45, 7) is 4.30. The number of rotatable bonds is 6. The molecule has 0 aromatic heterocycles. The minimum absolute atomic E-state index is 0.0201. The second kappa shape index (κ2) is 7.61. The average molecular weight is 299 g/mol. The van der Waals surface area contributed by atoms with Gasteiger partial charge in [0.05, 0.1) is 13.2 Å². The third kappa shape index (κ3) is 3.60. The molecule has 3 rings (SSSR count). The monoisotopic (exact) mass is 299 g/mol. The van der Waals surface area contributed by atoms with Crippen molar-refractivity contribution in [1.29, 1.82) is 0 Å². The summed E-state index contributed by atoms with van der Waals surface area (Å²) in [5.41, 5.74) is 0.872. The predicted octanol–water partition coefficient (Wildman–Crippen LogP) is 3.59. The van der Waals surface area contributed by atoms with Crippen molar-refractivity contribution >= 4 is 10.8 Å². The van der Waals surface area contributed by atoms with Gasteiger partial charge in [0.15, 0.2) is 0 Å². The van der Waals surface area contributed by atoms with E-state index in [1.54, 1.807) is 0 Å². The van der Waals surface area contributed by atoms with Crippen molar-refractivity contribution in [3.8, 4) is 5.75 Å². The number of piperidine rings is 1. The Labute approximate surface area is 132 Å². The quantitative estimate of drug-likeness (QED) is 0.827. The summed E-state index contributed by atoms with van der Waals surface area (Å²) in [5.74, 6) is 0.847. The molecule has 0 unspecified atom stereocenters. The average Bonchev–Trinajstić information content (AvgIpc) is 2.59. The van der Waals surface area contributed by atoms with Crippen molar-refractivity contribution in [3.05, 3.63) is 42.0 Å². The first-order valence-corrected chi connectivity index (χ1v) is 8.35. The molecule has 0 saturated carbocycles. The Kier molecular flexibility index (Phi) is 5.30. The molecule has 0 radical (unpaired) electrons. The van der Waals surface area contributed by atoms with Crippen LogP contribution < -0.4 is 4.74 Å². The third-order valence-corrected chi connectivity index (χ3v) is 4.45. The number of ether oxygens (including phenoxy) is 1. The summed E-state index contributed by atoms with van der Waals surface area (Å²) in [7, 11) is 0. The van der Waals surface area contributed by atoms with Crippen molar-refractivity contribution in [2.24, 2.45) is 0 Å². The third-order valence-electron chi connectivity index (χ3n) is 4.45. The topological polar surface area (TPSA) is 32.7 Å². The highest BCUT2D eigenvalue weighted by atomic mass is 16.5. The van der Waals surface area contributed by atoms with E-state index < -0.39 is 0 Å². The number of benzene rings is 2. The van der Waals surface area contributed by atoms with E-state index in [4.69, 9.17) is 4.74 Å². The van der Waals surface area contributed by atoms with Gasteiger partial charge in [0.25, 0.3) is 0 Å². The molecule has 3 heteroatoms. The van der Waals surface area contributed by atoms with E-state index in [9.17, 15) is 5.11 Å². The number of hydrogen-bond donors (Lipinski definition) is 1. The largest absolute Gasteiger partial charge is 0.493 e. The molecule has 0 bridgehead atoms. The van der Waals surface area contributed by atoms with Crippen LogP contribution in [0.15, 0.2) is 36.4 Å². The van der Waals surface area contributed by atoms with Crippen LogP contribution in [0.3, 0.4) is 0 Å². The predicted molar refractivity (Wildman–Crippen MR) is 90.3 cm³/mol. The maximum Gasteiger partial charge on any atom is 0.132 e. The number of aliphatic hydroxyl groups excluding tert-OH is 1. The van der Waals surface area contributed by atoms with E-state index in [1.165, 1.54) is 32.4 Å². The van der Waals surface area contributed by atoms with Crippen molar-refractivity contribution in [3.63, 3.8) is 0 Å².